The van der Waals surface area contributed by atoms with Gasteiger partial charge < -0.3 is 15.0 Å². The number of hydrogen-bond acceptors (Lipinski definition) is 7. The summed E-state index contributed by atoms with van der Waals surface area (Å²) >= 11 is 1.33. The zero-order valence-electron chi connectivity index (χ0n) is 17.9. The van der Waals surface area contributed by atoms with Gasteiger partial charge in [0, 0.05) is 24.5 Å². The molecule has 1 amide bonds. The Morgan fingerprint density at radius 2 is 1.87 bits per heavy atom. The normalized spacial score (nSPS) is 15.0. The van der Waals surface area contributed by atoms with E-state index in [-0.39, 0.29) is 11.2 Å². The molecule has 4 rings (SSSR count). The molecule has 0 saturated carbocycles. The maximum Gasteiger partial charge on any atom is 0.237 e. The number of thioether (sulfide) groups is 1. The standard InChI is InChI=1S/C22H26N6O2S/c1-15-4-5-16(2)20(14-15)28-22(24-25-26-28)31-17(3)21(29)23-18-6-8-19(9-7-18)27-10-12-30-13-11-27/h4-9,14,17H,10-13H2,1-3H3,(H,23,29)/t17-/m1/s1. The molecule has 0 unspecified atom stereocenters. The van der Waals surface area contributed by atoms with Gasteiger partial charge in [-0.25, -0.2) is 0 Å². The first kappa shape index (κ1) is 21.3. The Hall–Kier alpha value is -2.91. The topological polar surface area (TPSA) is 85.2 Å². The van der Waals surface area contributed by atoms with E-state index in [4.69, 9.17) is 4.74 Å². The lowest BCUT2D eigenvalue weighted by atomic mass is 10.1. The molecule has 1 atom stereocenters. The summed E-state index contributed by atoms with van der Waals surface area (Å²) in [7, 11) is 0. The van der Waals surface area contributed by atoms with E-state index < -0.39 is 0 Å². The van der Waals surface area contributed by atoms with Crippen molar-refractivity contribution < 1.29 is 9.53 Å². The third-order valence-corrected chi connectivity index (χ3v) is 6.23. The van der Waals surface area contributed by atoms with Gasteiger partial charge in [-0.3, -0.25) is 4.79 Å². The van der Waals surface area contributed by atoms with Crippen molar-refractivity contribution in [3.8, 4) is 5.69 Å². The van der Waals surface area contributed by atoms with Gasteiger partial charge in [0.2, 0.25) is 11.1 Å². The van der Waals surface area contributed by atoms with Gasteiger partial charge in [0.1, 0.15) is 0 Å². The third-order valence-electron chi connectivity index (χ3n) is 5.20. The van der Waals surface area contributed by atoms with E-state index in [1.54, 1.807) is 4.68 Å². The Morgan fingerprint density at radius 3 is 2.61 bits per heavy atom. The van der Waals surface area contributed by atoms with Crippen LogP contribution in [0.2, 0.25) is 0 Å². The van der Waals surface area contributed by atoms with Crippen molar-refractivity contribution in [2.75, 3.05) is 36.5 Å². The molecular weight excluding hydrogens is 412 g/mol. The van der Waals surface area contributed by atoms with Gasteiger partial charge in [-0.05, 0) is 72.7 Å². The smallest absolute Gasteiger partial charge is 0.237 e. The molecule has 0 bridgehead atoms. The van der Waals surface area contributed by atoms with E-state index in [1.807, 2.05) is 57.2 Å². The first-order chi connectivity index (χ1) is 15.0. The van der Waals surface area contributed by atoms with Crippen molar-refractivity contribution in [2.45, 2.75) is 31.2 Å². The summed E-state index contributed by atoms with van der Waals surface area (Å²) < 4.78 is 7.09. The van der Waals surface area contributed by atoms with Gasteiger partial charge in [0.05, 0.1) is 24.2 Å². The van der Waals surface area contributed by atoms with E-state index in [0.717, 1.165) is 54.5 Å². The monoisotopic (exact) mass is 438 g/mol. The molecule has 0 aliphatic carbocycles. The Balaban J connectivity index is 1.40. The molecule has 1 aliphatic rings. The Labute approximate surface area is 186 Å². The minimum absolute atomic E-state index is 0.0976. The number of aryl methyl sites for hydroxylation is 2. The number of carbonyl (C=O) groups excluding carboxylic acids is 1. The third kappa shape index (κ3) is 5.05. The molecule has 1 fully saturated rings. The second kappa shape index (κ2) is 9.49. The zero-order chi connectivity index (χ0) is 21.8. The van der Waals surface area contributed by atoms with Crippen LogP contribution >= 0.6 is 11.8 Å². The second-order valence-electron chi connectivity index (χ2n) is 7.56. The van der Waals surface area contributed by atoms with Crippen LogP contribution in [-0.2, 0) is 9.53 Å². The van der Waals surface area contributed by atoms with Crippen LogP contribution in [0.3, 0.4) is 0 Å². The molecular formula is C22H26N6O2S. The molecule has 31 heavy (non-hydrogen) atoms. The van der Waals surface area contributed by atoms with E-state index in [9.17, 15) is 4.79 Å². The predicted octanol–water partition coefficient (Wildman–Crippen LogP) is 3.24. The highest BCUT2D eigenvalue weighted by atomic mass is 32.2. The van der Waals surface area contributed by atoms with Crippen molar-refractivity contribution in [2.24, 2.45) is 0 Å². The fraction of sp³-hybridized carbons (Fsp3) is 0.364. The molecule has 1 aromatic heterocycles. The molecule has 0 spiro atoms. The van der Waals surface area contributed by atoms with E-state index in [1.165, 1.54) is 11.8 Å². The molecule has 2 heterocycles. The summed E-state index contributed by atoms with van der Waals surface area (Å²) in [4.78, 5) is 15.0. The van der Waals surface area contributed by atoms with Crippen LogP contribution in [0.4, 0.5) is 11.4 Å². The summed E-state index contributed by atoms with van der Waals surface area (Å²) in [5, 5.41) is 15.3. The van der Waals surface area contributed by atoms with Gasteiger partial charge in [0.25, 0.3) is 0 Å². The molecule has 1 aliphatic heterocycles. The maximum atomic E-state index is 12.8. The largest absolute Gasteiger partial charge is 0.378 e. The van der Waals surface area contributed by atoms with Crippen molar-refractivity contribution in [1.29, 1.82) is 0 Å². The lowest BCUT2D eigenvalue weighted by Crippen LogP contribution is -2.36. The number of nitrogens with one attached hydrogen (secondary N) is 1. The van der Waals surface area contributed by atoms with Gasteiger partial charge in [0.15, 0.2) is 0 Å². The fourth-order valence-electron chi connectivity index (χ4n) is 3.38. The average Bonchev–Trinajstić information content (AvgIpc) is 3.24. The average molecular weight is 439 g/mol. The molecule has 162 valence electrons. The lowest BCUT2D eigenvalue weighted by molar-refractivity contribution is -0.115. The number of anilines is 2. The number of morpholine rings is 1. The van der Waals surface area contributed by atoms with Crippen LogP contribution in [0.5, 0.6) is 0 Å². The molecule has 1 N–H and O–H groups in total. The minimum atomic E-state index is -0.367. The highest BCUT2D eigenvalue weighted by Crippen LogP contribution is 2.26. The number of hydrogen-bond donors (Lipinski definition) is 1. The number of rotatable bonds is 6. The van der Waals surface area contributed by atoms with Gasteiger partial charge >= 0.3 is 0 Å². The molecule has 3 aromatic rings. The first-order valence-corrected chi connectivity index (χ1v) is 11.2. The number of amides is 1. The highest BCUT2D eigenvalue weighted by Gasteiger charge is 2.20. The quantitative estimate of drug-likeness (QED) is 0.592. The minimum Gasteiger partial charge on any atom is -0.378 e. The van der Waals surface area contributed by atoms with Gasteiger partial charge in [-0.15, -0.1) is 5.10 Å². The van der Waals surface area contributed by atoms with E-state index in [2.05, 4.69) is 31.8 Å². The number of benzene rings is 2. The summed E-state index contributed by atoms with van der Waals surface area (Å²) in [6, 6.07) is 14.0. The Kier molecular flexibility index (Phi) is 6.53. The lowest BCUT2D eigenvalue weighted by Gasteiger charge is -2.28. The number of carbonyl (C=O) groups is 1. The molecule has 2 aromatic carbocycles. The van der Waals surface area contributed by atoms with Crippen molar-refractivity contribution in [3.05, 3.63) is 53.6 Å². The molecule has 0 radical (unpaired) electrons. The number of aromatic nitrogens is 4. The second-order valence-corrected chi connectivity index (χ2v) is 8.87. The van der Waals surface area contributed by atoms with Gasteiger partial charge in [-0.2, -0.15) is 4.68 Å². The molecule has 8 nitrogen and oxygen atoms in total. The number of tetrazole rings is 1. The van der Waals surface area contributed by atoms with E-state index in [0.29, 0.717) is 5.16 Å². The van der Waals surface area contributed by atoms with E-state index >= 15 is 0 Å². The van der Waals surface area contributed by atoms with Crippen molar-refractivity contribution in [1.82, 2.24) is 20.2 Å². The number of nitrogens with zero attached hydrogens (tertiary/aromatic N) is 5. The summed E-state index contributed by atoms with van der Waals surface area (Å²) in [5.41, 5.74) is 5.01. The predicted molar refractivity (Wildman–Crippen MR) is 122 cm³/mol. The zero-order valence-corrected chi connectivity index (χ0v) is 18.7. The van der Waals surface area contributed by atoms with Crippen molar-refractivity contribution in [3.63, 3.8) is 0 Å². The van der Waals surface area contributed by atoms with Crippen LogP contribution in [-0.4, -0.2) is 57.7 Å². The SMILES string of the molecule is Cc1ccc(C)c(-n2nnnc2S[C@H](C)C(=O)Nc2ccc(N3CCOCC3)cc2)c1. The Morgan fingerprint density at radius 1 is 1.13 bits per heavy atom. The fourth-order valence-corrected chi connectivity index (χ4v) is 4.18. The first-order valence-electron chi connectivity index (χ1n) is 10.3. The highest BCUT2D eigenvalue weighted by molar-refractivity contribution is 8.00. The van der Waals surface area contributed by atoms with Crippen LogP contribution in [0, 0.1) is 13.8 Å². The summed E-state index contributed by atoms with van der Waals surface area (Å²) in [5.74, 6) is -0.0976. The molecule has 1 saturated heterocycles. The summed E-state index contributed by atoms with van der Waals surface area (Å²) in [6.45, 7) is 9.15. The Bertz CT molecular complexity index is 1050. The van der Waals surface area contributed by atoms with Crippen LogP contribution in [0.1, 0.15) is 18.1 Å². The maximum absolute atomic E-state index is 12.8. The van der Waals surface area contributed by atoms with Crippen molar-refractivity contribution >= 4 is 29.0 Å². The van der Waals surface area contributed by atoms with Crippen LogP contribution in [0.15, 0.2) is 47.6 Å². The van der Waals surface area contributed by atoms with Gasteiger partial charge in [-0.1, -0.05) is 23.9 Å². The number of ether oxygens (including phenoxy) is 1. The van der Waals surface area contributed by atoms with Crippen LogP contribution in [0.25, 0.3) is 5.69 Å². The molecule has 9 heteroatoms. The van der Waals surface area contributed by atoms with Crippen LogP contribution < -0.4 is 10.2 Å². The summed E-state index contributed by atoms with van der Waals surface area (Å²) in [6.07, 6.45) is 0.